The lowest BCUT2D eigenvalue weighted by molar-refractivity contribution is -0.286. The Balaban J connectivity index is 1.92. The van der Waals surface area contributed by atoms with Gasteiger partial charge in [0.05, 0.1) is 5.92 Å². The number of hydrogen-bond donors (Lipinski definition) is 1. The summed E-state index contributed by atoms with van der Waals surface area (Å²) >= 11 is 0. The predicted molar refractivity (Wildman–Crippen MR) is 60.3 cm³/mol. The van der Waals surface area contributed by atoms with Gasteiger partial charge in [0.1, 0.15) is 0 Å². The molecule has 1 saturated carbocycles. The zero-order chi connectivity index (χ0) is 14.0. The first kappa shape index (κ1) is 12.2. The first-order valence-electron chi connectivity index (χ1n) is 5.85. The number of alkyl halides is 2. The van der Waals surface area contributed by atoms with Crippen LogP contribution in [0.1, 0.15) is 25.3 Å². The summed E-state index contributed by atoms with van der Waals surface area (Å²) in [6.45, 7) is 3.69. The van der Waals surface area contributed by atoms with Crippen molar-refractivity contribution in [3.05, 3.63) is 23.8 Å². The van der Waals surface area contributed by atoms with Gasteiger partial charge in [0.15, 0.2) is 11.5 Å². The molecule has 0 amide bonds. The highest BCUT2D eigenvalue weighted by Crippen LogP contribution is 2.65. The molecule has 0 bridgehead atoms. The molecule has 1 N–H and O–H groups in total. The molecule has 0 spiro atoms. The molecule has 0 aromatic heterocycles. The summed E-state index contributed by atoms with van der Waals surface area (Å²) in [7, 11) is 0. The summed E-state index contributed by atoms with van der Waals surface area (Å²) < 4.78 is 34.5. The van der Waals surface area contributed by atoms with E-state index >= 15 is 0 Å². The van der Waals surface area contributed by atoms with Crippen LogP contribution < -0.4 is 9.47 Å². The van der Waals surface area contributed by atoms with Gasteiger partial charge in [0.2, 0.25) is 0 Å². The van der Waals surface area contributed by atoms with Crippen molar-refractivity contribution in [2.24, 2.45) is 11.3 Å². The third kappa shape index (κ3) is 1.74. The van der Waals surface area contributed by atoms with E-state index in [0.29, 0.717) is 5.56 Å². The van der Waals surface area contributed by atoms with Gasteiger partial charge in [-0.1, -0.05) is 19.9 Å². The molecule has 1 fully saturated rings. The Bertz CT molecular complexity index is 568. The Morgan fingerprint density at radius 1 is 1.26 bits per heavy atom. The van der Waals surface area contributed by atoms with Gasteiger partial charge in [-0.2, -0.15) is 0 Å². The molecular weight excluding hydrogens is 258 g/mol. The molecule has 6 heteroatoms. The maximum Gasteiger partial charge on any atom is 0.586 e. The first-order chi connectivity index (χ1) is 8.72. The zero-order valence-corrected chi connectivity index (χ0v) is 10.3. The standard InChI is InChI=1S/C13H12F2O4/c1-12(2)9(10(12)11(16)17)6-3-4-7-8(5-6)19-13(14,15)18-7/h3-5,9-10H,1-2H3,(H,16,17)/t9-,10+/m0/s1. The van der Waals surface area contributed by atoms with E-state index in [4.69, 9.17) is 5.11 Å². The van der Waals surface area contributed by atoms with Crippen molar-refractivity contribution in [3.63, 3.8) is 0 Å². The third-order valence-corrected chi connectivity index (χ3v) is 3.88. The number of rotatable bonds is 2. The largest absolute Gasteiger partial charge is 0.586 e. The second kappa shape index (κ2) is 3.37. The minimum absolute atomic E-state index is 0.0286. The van der Waals surface area contributed by atoms with Crippen molar-refractivity contribution < 1.29 is 28.2 Å². The molecule has 2 atom stereocenters. The van der Waals surface area contributed by atoms with Crippen molar-refractivity contribution in [2.45, 2.75) is 26.1 Å². The second-order valence-corrected chi connectivity index (χ2v) is 5.49. The maximum absolute atomic E-state index is 12.9. The van der Waals surface area contributed by atoms with E-state index in [1.807, 2.05) is 13.8 Å². The molecule has 1 aliphatic heterocycles. The second-order valence-electron chi connectivity index (χ2n) is 5.49. The predicted octanol–water partition coefficient (Wildman–Crippen LogP) is 2.83. The molecule has 1 heterocycles. The van der Waals surface area contributed by atoms with Crippen LogP contribution >= 0.6 is 0 Å². The van der Waals surface area contributed by atoms with Gasteiger partial charge in [-0.15, -0.1) is 8.78 Å². The van der Waals surface area contributed by atoms with Crippen molar-refractivity contribution in [1.82, 2.24) is 0 Å². The Labute approximate surface area is 107 Å². The van der Waals surface area contributed by atoms with Crippen LogP contribution in [0.4, 0.5) is 8.78 Å². The molecule has 102 valence electrons. The van der Waals surface area contributed by atoms with E-state index in [2.05, 4.69) is 9.47 Å². The van der Waals surface area contributed by atoms with Crippen LogP contribution in [0.25, 0.3) is 0 Å². The minimum Gasteiger partial charge on any atom is -0.481 e. The molecular formula is C13H12F2O4. The number of hydrogen-bond acceptors (Lipinski definition) is 3. The molecule has 0 saturated heterocycles. The van der Waals surface area contributed by atoms with Gasteiger partial charge < -0.3 is 14.6 Å². The van der Waals surface area contributed by atoms with Gasteiger partial charge >= 0.3 is 12.3 Å². The van der Waals surface area contributed by atoms with Gasteiger partial charge in [-0.3, -0.25) is 4.79 Å². The van der Waals surface area contributed by atoms with Crippen LogP contribution in [0.3, 0.4) is 0 Å². The quantitative estimate of drug-likeness (QED) is 0.897. The normalized spacial score (nSPS) is 29.1. The molecule has 2 aliphatic rings. The number of carbonyl (C=O) groups is 1. The Morgan fingerprint density at radius 2 is 1.89 bits per heavy atom. The number of carboxylic acid groups (broad SMARTS) is 1. The number of aliphatic carboxylic acids is 1. The highest BCUT2D eigenvalue weighted by molar-refractivity contribution is 5.77. The SMILES string of the molecule is CC1(C)[C@@H](C(=O)O)[C@@H]1c1ccc2c(c1)OC(F)(F)O2. The lowest BCUT2D eigenvalue weighted by Gasteiger charge is -2.04. The highest BCUT2D eigenvalue weighted by atomic mass is 19.3. The van der Waals surface area contributed by atoms with Crippen LogP contribution in [-0.2, 0) is 4.79 Å². The number of benzene rings is 1. The molecule has 1 aromatic carbocycles. The topological polar surface area (TPSA) is 55.8 Å². The average molecular weight is 270 g/mol. The van der Waals surface area contributed by atoms with Crippen LogP contribution in [0.2, 0.25) is 0 Å². The van der Waals surface area contributed by atoms with E-state index in [9.17, 15) is 13.6 Å². The number of halogens is 2. The van der Waals surface area contributed by atoms with Crippen LogP contribution in [0.5, 0.6) is 11.5 Å². The van der Waals surface area contributed by atoms with E-state index < -0.39 is 18.2 Å². The fraction of sp³-hybridized carbons (Fsp3) is 0.462. The fourth-order valence-electron chi connectivity index (χ4n) is 2.88. The maximum atomic E-state index is 12.9. The van der Waals surface area contributed by atoms with Gasteiger partial charge in [-0.05, 0) is 23.1 Å². The zero-order valence-electron chi connectivity index (χ0n) is 10.3. The molecule has 0 radical (unpaired) electrons. The van der Waals surface area contributed by atoms with Gasteiger partial charge in [-0.25, -0.2) is 0 Å². The number of fused-ring (bicyclic) bond motifs is 1. The van der Waals surface area contributed by atoms with Crippen LogP contribution in [-0.4, -0.2) is 17.4 Å². The molecule has 4 nitrogen and oxygen atoms in total. The lowest BCUT2D eigenvalue weighted by atomic mass is 10.0. The molecule has 1 aliphatic carbocycles. The summed E-state index contributed by atoms with van der Waals surface area (Å²) in [6, 6.07) is 4.43. The summed E-state index contributed by atoms with van der Waals surface area (Å²) in [4.78, 5) is 11.1. The Hall–Kier alpha value is -1.85. The van der Waals surface area contributed by atoms with E-state index in [0.717, 1.165) is 0 Å². The van der Waals surface area contributed by atoms with E-state index in [1.165, 1.54) is 12.1 Å². The smallest absolute Gasteiger partial charge is 0.481 e. The van der Waals surface area contributed by atoms with Crippen LogP contribution in [0.15, 0.2) is 18.2 Å². The van der Waals surface area contributed by atoms with E-state index in [-0.39, 0.29) is 22.8 Å². The minimum atomic E-state index is -3.65. The van der Waals surface area contributed by atoms with Crippen molar-refractivity contribution in [3.8, 4) is 11.5 Å². The summed E-state index contributed by atoms with van der Waals surface area (Å²) in [5.74, 6) is -1.66. The lowest BCUT2D eigenvalue weighted by Crippen LogP contribution is -2.25. The van der Waals surface area contributed by atoms with Crippen molar-refractivity contribution in [1.29, 1.82) is 0 Å². The summed E-state index contributed by atoms with van der Waals surface area (Å²) in [6.07, 6.45) is -3.65. The monoisotopic (exact) mass is 270 g/mol. The summed E-state index contributed by atoms with van der Waals surface area (Å²) in [5, 5.41) is 9.12. The Kier molecular flexibility index (Phi) is 2.17. The highest BCUT2D eigenvalue weighted by Gasteiger charge is 2.63. The van der Waals surface area contributed by atoms with Gasteiger partial charge in [0, 0.05) is 5.92 Å². The van der Waals surface area contributed by atoms with E-state index in [1.54, 1.807) is 6.07 Å². The number of carboxylic acids is 1. The van der Waals surface area contributed by atoms with Gasteiger partial charge in [0.25, 0.3) is 0 Å². The first-order valence-corrected chi connectivity index (χ1v) is 5.85. The molecule has 1 aromatic rings. The fourth-order valence-corrected chi connectivity index (χ4v) is 2.88. The Morgan fingerprint density at radius 3 is 2.47 bits per heavy atom. The molecule has 19 heavy (non-hydrogen) atoms. The molecule has 0 unspecified atom stereocenters. The molecule has 3 rings (SSSR count). The average Bonchev–Trinajstić information content (AvgIpc) is 2.70. The number of ether oxygens (including phenoxy) is 2. The summed E-state index contributed by atoms with van der Waals surface area (Å²) in [5.41, 5.74) is 0.291. The third-order valence-electron chi connectivity index (χ3n) is 3.88. The van der Waals surface area contributed by atoms with Crippen LogP contribution in [0, 0.1) is 11.3 Å². The van der Waals surface area contributed by atoms with Crippen molar-refractivity contribution in [2.75, 3.05) is 0 Å². The van der Waals surface area contributed by atoms with Crippen molar-refractivity contribution >= 4 is 5.97 Å².